The van der Waals surface area contributed by atoms with E-state index < -0.39 is 0 Å². The van der Waals surface area contributed by atoms with Gasteiger partial charge in [-0.05, 0) is 18.4 Å². The molecule has 1 rings (SSSR count). The highest BCUT2D eigenvalue weighted by molar-refractivity contribution is 14.0. The van der Waals surface area contributed by atoms with E-state index in [1.54, 1.807) is 33.5 Å². The van der Waals surface area contributed by atoms with E-state index in [0.29, 0.717) is 22.3 Å². The standard InChI is InChI=1S/C11H15NO3S.HI/c1-13-8-5-7(11(12)16-4)6-9(14-2)10(8)15-3;/h5-6,12H,1-4H3;1H. The number of hydrogen-bond donors (Lipinski definition) is 1. The van der Waals surface area contributed by atoms with E-state index in [1.807, 2.05) is 6.26 Å². The van der Waals surface area contributed by atoms with Gasteiger partial charge in [0.05, 0.1) is 26.4 Å². The van der Waals surface area contributed by atoms with Crippen LogP contribution in [0.5, 0.6) is 17.2 Å². The summed E-state index contributed by atoms with van der Waals surface area (Å²) in [6, 6.07) is 3.53. The summed E-state index contributed by atoms with van der Waals surface area (Å²) in [5.41, 5.74) is 0.752. The van der Waals surface area contributed by atoms with Gasteiger partial charge in [-0.1, -0.05) is 0 Å². The smallest absolute Gasteiger partial charge is 0.203 e. The quantitative estimate of drug-likeness (QED) is 0.504. The monoisotopic (exact) mass is 369 g/mol. The Balaban J connectivity index is 0.00000256. The molecule has 0 aliphatic heterocycles. The molecule has 0 bridgehead atoms. The van der Waals surface area contributed by atoms with E-state index in [4.69, 9.17) is 19.6 Å². The number of hydrogen-bond acceptors (Lipinski definition) is 5. The van der Waals surface area contributed by atoms with E-state index in [2.05, 4.69) is 0 Å². The molecule has 0 heterocycles. The van der Waals surface area contributed by atoms with Crippen LogP contribution in [0.2, 0.25) is 0 Å². The lowest BCUT2D eigenvalue weighted by Crippen LogP contribution is -1.99. The molecule has 96 valence electrons. The van der Waals surface area contributed by atoms with Crippen molar-refractivity contribution < 1.29 is 14.2 Å². The van der Waals surface area contributed by atoms with Gasteiger partial charge >= 0.3 is 0 Å². The topological polar surface area (TPSA) is 51.5 Å². The van der Waals surface area contributed by atoms with Crippen LogP contribution in [0.15, 0.2) is 12.1 Å². The van der Waals surface area contributed by atoms with Gasteiger partial charge in [-0.2, -0.15) is 0 Å². The van der Waals surface area contributed by atoms with E-state index in [1.165, 1.54) is 11.8 Å². The fourth-order valence-corrected chi connectivity index (χ4v) is 1.68. The first-order chi connectivity index (χ1) is 7.67. The second-order valence-corrected chi connectivity index (χ2v) is 3.76. The van der Waals surface area contributed by atoms with Crippen molar-refractivity contribution in [1.29, 1.82) is 5.41 Å². The van der Waals surface area contributed by atoms with E-state index in [0.717, 1.165) is 5.56 Å². The van der Waals surface area contributed by atoms with Gasteiger partial charge in [0.2, 0.25) is 5.75 Å². The van der Waals surface area contributed by atoms with Gasteiger partial charge in [0.25, 0.3) is 0 Å². The van der Waals surface area contributed by atoms with Crippen molar-refractivity contribution in [3.8, 4) is 17.2 Å². The zero-order valence-corrected chi connectivity index (χ0v) is 13.3. The number of nitrogens with one attached hydrogen (secondary N) is 1. The van der Waals surface area contributed by atoms with Crippen LogP contribution < -0.4 is 14.2 Å². The summed E-state index contributed by atoms with van der Waals surface area (Å²) in [6.45, 7) is 0. The molecular formula is C11H16INO3S. The van der Waals surface area contributed by atoms with Crippen molar-refractivity contribution in [1.82, 2.24) is 0 Å². The molecule has 0 atom stereocenters. The molecule has 0 saturated carbocycles. The molecule has 0 aromatic heterocycles. The Hall–Kier alpha value is -0.630. The van der Waals surface area contributed by atoms with Crippen LogP contribution in [0, 0.1) is 5.41 Å². The maximum absolute atomic E-state index is 7.76. The fraction of sp³-hybridized carbons (Fsp3) is 0.364. The summed E-state index contributed by atoms with van der Waals surface area (Å²) >= 11 is 1.36. The molecule has 0 unspecified atom stereocenters. The summed E-state index contributed by atoms with van der Waals surface area (Å²) in [5, 5.41) is 8.22. The fourth-order valence-electron chi connectivity index (χ4n) is 1.33. The average molecular weight is 369 g/mol. The highest BCUT2D eigenvalue weighted by Gasteiger charge is 2.14. The first kappa shape index (κ1) is 16.4. The Morgan fingerprint density at radius 2 is 1.53 bits per heavy atom. The predicted octanol–water partition coefficient (Wildman–Crippen LogP) is 3.02. The largest absolute Gasteiger partial charge is 0.493 e. The minimum Gasteiger partial charge on any atom is -0.493 e. The summed E-state index contributed by atoms with van der Waals surface area (Å²) in [6.07, 6.45) is 1.85. The molecule has 1 N–H and O–H groups in total. The number of methoxy groups -OCH3 is 3. The molecule has 4 nitrogen and oxygen atoms in total. The Morgan fingerprint density at radius 1 is 1.06 bits per heavy atom. The Labute approximate surface area is 123 Å². The van der Waals surface area contributed by atoms with Crippen molar-refractivity contribution in [2.45, 2.75) is 0 Å². The zero-order valence-electron chi connectivity index (χ0n) is 10.2. The average Bonchev–Trinajstić information content (AvgIpc) is 2.35. The van der Waals surface area contributed by atoms with Crippen molar-refractivity contribution in [3.63, 3.8) is 0 Å². The zero-order chi connectivity index (χ0) is 12.1. The number of ether oxygens (including phenoxy) is 3. The maximum Gasteiger partial charge on any atom is 0.203 e. The third-order valence-electron chi connectivity index (χ3n) is 2.13. The van der Waals surface area contributed by atoms with Gasteiger partial charge in [-0.15, -0.1) is 35.7 Å². The van der Waals surface area contributed by atoms with Gasteiger partial charge in [0, 0.05) is 5.56 Å². The second-order valence-electron chi connectivity index (χ2n) is 2.95. The molecule has 17 heavy (non-hydrogen) atoms. The Kier molecular flexibility index (Phi) is 7.37. The normalized spacial score (nSPS) is 9.18. The van der Waals surface area contributed by atoms with Crippen molar-refractivity contribution >= 4 is 40.8 Å². The molecule has 1 aromatic carbocycles. The highest BCUT2D eigenvalue weighted by Crippen LogP contribution is 2.38. The Morgan fingerprint density at radius 3 is 1.82 bits per heavy atom. The molecule has 0 amide bonds. The first-order valence-electron chi connectivity index (χ1n) is 4.60. The van der Waals surface area contributed by atoms with E-state index >= 15 is 0 Å². The third kappa shape index (κ3) is 3.67. The van der Waals surface area contributed by atoms with Crippen LogP contribution in [0.4, 0.5) is 0 Å². The number of rotatable bonds is 4. The lowest BCUT2D eigenvalue weighted by atomic mass is 10.2. The molecule has 0 saturated heterocycles. The molecular weight excluding hydrogens is 353 g/mol. The van der Waals surface area contributed by atoms with Crippen LogP contribution in [0.1, 0.15) is 5.56 Å². The molecule has 1 aromatic rings. The van der Waals surface area contributed by atoms with Crippen molar-refractivity contribution in [3.05, 3.63) is 17.7 Å². The molecule has 6 heteroatoms. The van der Waals surface area contributed by atoms with Crippen molar-refractivity contribution in [2.75, 3.05) is 27.6 Å². The van der Waals surface area contributed by atoms with E-state index in [9.17, 15) is 0 Å². The van der Waals surface area contributed by atoms with Gasteiger partial charge in [0.15, 0.2) is 11.5 Å². The van der Waals surface area contributed by atoms with Crippen LogP contribution in [-0.2, 0) is 0 Å². The second kappa shape index (κ2) is 7.65. The molecule has 0 aliphatic carbocycles. The van der Waals surface area contributed by atoms with Gasteiger partial charge < -0.3 is 14.2 Å². The van der Waals surface area contributed by atoms with Crippen molar-refractivity contribution in [2.24, 2.45) is 0 Å². The van der Waals surface area contributed by atoms with Crippen LogP contribution in [-0.4, -0.2) is 32.6 Å². The van der Waals surface area contributed by atoms with Gasteiger partial charge in [-0.25, -0.2) is 0 Å². The summed E-state index contributed by atoms with van der Waals surface area (Å²) < 4.78 is 15.6. The Bertz CT molecular complexity index is 373. The van der Waals surface area contributed by atoms with Crippen LogP contribution >= 0.6 is 35.7 Å². The maximum atomic E-state index is 7.76. The molecule has 0 fully saturated rings. The van der Waals surface area contributed by atoms with E-state index in [-0.39, 0.29) is 24.0 Å². The lowest BCUT2D eigenvalue weighted by Gasteiger charge is -2.13. The number of thioether (sulfide) groups is 1. The highest BCUT2D eigenvalue weighted by atomic mass is 127. The minimum atomic E-state index is 0. The lowest BCUT2D eigenvalue weighted by molar-refractivity contribution is 0.324. The predicted molar refractivity (Wildman–Crippen MR) is 81.9 cm³/mol. The number of benzene rings is 1. The van der Waals surface area contributed by atoms with Gasteiger partial charge in [0.1, 0.15) is 0 Å². The summed E-state index contributed by atoms with van der Waals surface area (Å²) in [5.74, 6) is 1.67. The molecule has 0 aliphatic rings. The molecule has 0 spiro atoms. The molecule has 0 radical (unpaired) electrons. The summed E-state index contributed by atoms with van der Waals surface area (Å²) in [4.78, 5) is 0. The summed E-state index contributed by atoms with van der Waals surface area (Å²) in [7, 11) is 4.67. The van der Waals surface area contributed by atoms with Gasteiger partial charge in [-0.3, -0.25) is 5.41 Å². The first-order valence-corrected chi connectivity index (χ1v) is 5.83. The number of halogens is 1. The minimum absolute atomic E-state index is 0. The third-order valence-corrected chi connectivity index (χ3v) is 2.77. The SMILES string of the molecule is COc1cc(C(=N)SC)cc(OC)c1OC.I. The van der Waals surface area contributed by atoms with Crippen LogP contribution in [0.3, 0.4) is 0 Å². The van der Waals surface area contributed by atoms with Crippen LogP contribution in [0.25, 0.3) is 0 Å².